The van der Waals surface area contributed by atoms with E-state index >= 15 is 0 Å². The van der Waals surface area contributed by atoms with Gasteiger partial charge < -0.3 is 14.4 Å². The number of carbonyl (C=O) groups excluding carboxylic acids is 2. The number of carbonyl (C=O) groups is 2. The molecule has 1 atom stereocenters. The van der Waals surface area contributed by atoms with Crippen molar-refractivity contribution in [3.05, 3.63) is 98.6 Å². The topological polar surface area (TPSA) is 88.7 Å². The lowest BCUT2D eigenvalue weighted by atomic mass is 9.99. The van der Waals surface area contributed by atoms with Crippen molar-refractivity contribution in [2.24, 2.45) is 0 Å². The van der Waals surface area contributed by atoms with Gasteiger partial charge in [-0.15, -0.1) is 0 Å². The van der Waals surface area contributed by atoms with Gasteiger partial charge in [0.25, 0.3) is 11.6 Å². The molecule has 1 unspecified atom stereocenters. The summed E-state index contributed by atoms with van der Waals surface area (Å²) in [6.07, 6.45) is 1.92. The molecule has 2 aromatic carbocycles. The van der Waals surface area contributed by atoms with Crippen LogP contribution < -0.4 is 0 Å². The quantitative estimate of drug-likeness (QED) is 0.365. The largest absolute Gasteiger partial charge is 0.348 e. The SMILES string of the molecule is CC(C)N(CC(=O)N1CCn2cccc2C1c1cccc(F)c1)C(=O)c1ccc(Cl)c([N+](=O)[O-])c1. The number of nitro groups is 1. The fourth-order valence-electron chi connectivity index (χ4n) is 4.36. The van der Waals surface area contributed by atoms with Gasteiger partial charge in [0.1, 0.15) is 17.4 Å². The Bertz CT molecular complexity index is 1290. The standard InChI is InChI=1S/C25H24ClFN4O4/c1-16(2)30(25(33)18-8-9-20(26)22(14-18)31(34)35)15-23(32)29-12-11-28-10-4-7-21(28)24(29)17-5-3-6-19(27)13-17/h3-10,13-14,16,24H,11-12,15H2,1-2H3. The average molecular weight is 499 g/mol. The Hall–Kier alpha value is -3.72. The van der Waals surface area contributed by atoms with Crippen LogP contribution in [0.5, 0.6) is 0 Å². The fraction of sp³-hybridized carbons (Fsp3) is 0.280. The van der Waals surface area contributed by atoms with Crippen molar-refractivity contribution >= 4 is 29.1 Å². The van der Waals surface area contributed by atoms with Gasteiger partial charge in [-0.25, -0.2) is 4.39 Å². The van der Waals surface area contributed by atoms with Crippen molar-refractivity contribution in [3.8, 4) is 0 Å². The molecule has 0 radical (unpaired) electrons. The molecule has 0 N–H and O–H groups in total. The molecule has 1 aromatic heterocycles. The zero-order chi connectivity index (χ0) is 25.3. The van der Waals surface area contributed by atoms with Gasteiger partial charge >= 0.3 is 0 Å². The molecule has 0 spiro atoms. The smallest absolute Gasteiger partial charge is 0.288 e. The van der Waals surface area contributed by atoms with Crippen LogP contribution in [0.3, 0.4) is 0 Å². The van der Waals surface area contributed by atoms with Crippen molar-refractivity contribution < 1.29 is 18.9 Å². The summed E-state index contributed by atoms with van der Waals surface area (Å²) in [5.41, 5.74) is 1.17. The van der Waals surface area contributed by atoms with Gasteiger partial charge in [0.2, 0.25) is 5.91 Å². The summed E-state index contributed by atoms with van der Waals surface area (Å²) in [5.74, 6) is -1.23. The van der Waals surface area contributed by atoms with Crippen LogP contribution in [0.15, 0.2) is 60.8 Å². The molecule has 182 valence electrons. The highest BCUT2D eigenvalue weighted by Gasteiger charge is 2.34. The van der Waals surface area contributed by atoms with E-state index < -0.39 is 22.7 Å². The van der Waals surface area contributed by atoms with Crippen molar-refractivity contribution in [2.75, 3.05) is 13.1 Å². The van der Waals surface area contributed by atoms with Gasteiger partial charge in [0.15, 0.2) is 0 Å². The number of amides is 2. The summed E-state index contributed by atoms with van der Waals surface area (Å²) >= 11 is 5.89. The summed E-state index contributed by atoms with van der Waals surface area (Å²) in [6, 6.07) is 12.9. The number of rotatable bonds is 6. The van der Waals surface area contributed by atoms with Crippen LogP contribution in [0, 0.1) is 15.9 Å². The molecule has 0 saturated heterocycles. The van der Waals surface area contributed by atoms with Gasteiger partial charge in [0.05, 0.1) is 11.0 Å². The second-order valence-corrected chi connectivity index (χ2v) is 9.03. The zero-order valence-corrected chi connectivity index (χ0v) is 20.0. The van der Waals surface area contributed by atoms with Crippen molar-refractivity contribution in [1.82, 2.24) is 14.4 Å². The van der Waals surface area contributed by atoms with Crippen LogP contribution in [0.4, 0.5) is 10.1 Å². The molecular weight excluding hydrogens is 475 g/mol. The number of halogens is 2. The minimum atomic E-state index is -0.656. The molecule has 3 aromatic rings. The van der Waals surface area contributed by atoms with Crippen LogP contribution >= 0.6 is 11.6 Å². The number of hydrogen-bond donors (Lipinski definition) is 0. The Balaban J connectivity index is 1.64. The van der Waals surface area contributed by atoms with Crippen LogP contribution in [-0.2, 0) is 11.3 Å². The van der Waals surface area contributed by atoms with E-state index in [1.807, 2.05) is 22.9 Å². The molecule has 35 heavy (non-hydrogen) atoms. The predicted octanol–water partition coefficient (Wildman–Crippen LogP) is 4.67. The Morgan fingerprint density at radius 1 is 1.17 bits per heavy atom. The summed E-state index contributed by atoms with van der Waals surface area (Å²) in [5, 5.41) is 11.2. The van der Waals surface area contributed by atoms with E-state index in [0.29, 0.717) is 18.7 Å². The van der Waals surface area contributed by atoms with Gasteiger partial charge in [0, 0.05) is 42.7 Å². The van der Waals surface area contributed by atoms with Crippen LogP contribution in [-0.4, -0.2) is 50.2 Å². The molecule has 2 amide bonds. The highest BCUT2D eigenvalue weighted by molar-refractivity contribution is 6.32. The first kappa shape index (κ1) is 24.4. The average Bonchev–Trinajstić information content (AvgIpc) is 3.30. The Labute approximate surface area is 206 Å². The Morgan fingerprint density at radius 2 is 1.94 bits per heavy atom. The fourth-order valence-corrected chi connectivity index (χ4v) is 4.54. The third-order valence-electron chi connectivity index (χ3n) is 6.10. The van der Waals surface area contributed by atoms with E-state index in [4.69, 9.17) is 11.6 Å². The van der Waals surface area contributed by atoms with Gasteiger partial charge in [-0.2, -0.15) is 0 Å². The number of benzene rings is 2. The molecule has 8 nitrogen and oxygen atoms in total. The van der Waals surface area contributed by atoms with Crippen LogP contribution in [0.1, 0.15) is 41.5 Å². The van der Waals surface area contributed by atoms with E-state index in [1.165, 1.54) is 29.2 Å². The molecule has 0 fully saturated rings. The summed E-state index contributed by atoms with van der Waals surface area (Å²) in [7, 11) is 0. The Morgan fingerprint density at radius 3 is 2.63 bits per heavy atom. The minimum absolute atomic E-state index is 0.0665. The molecule has 2 heterocycles. The second-order valence-electron chi connectivity index (χ2n) is 8.62. The van der Waals surface area contributed by atoms with E-state index in [-0.39, 0.29) is 34.8 Å². The number of aromatic nitrogens is 1. The number of nitrogens with zero attached hydrogens (tertiary/aromatic N) is 4. The maximum Gasteiger partial charge on any atom is 0.288 e. The Kier molecular flexibility index (Phi) is 6.88. The molecule has 0 bridgehead atoms. The molecule has 4 rings (SSSR count). The molecule has 1 aliphatic heterocycles. The summed E-state index contributed by atoms with van der Waals surface area (Å²) in [4.78, 5) is 40.5. The first-order valence-electron chi connectivity index (χ1n) is 11.1. The normalized spacial score (nSPS) is 15.1. The third kappa shape index (κ3) is 4.90. The predicted molar refractivity (Wildman–Crippen MR) is 129 cm³/mol. The molecule has 0 saturated carbocycles. The molecule has 10 heteroatoms. The highest BCUT2D eigenvalue weighted by Crippen LogP contribution is 2.33. The first-order chi connectivity index (χ1) is 16.7. The van der Waals surface area contributed by atoms with Crippen LogP contribution in [0.2, 0.25) is 5.02 Å². The van der Waals surface area contributed by atoms with Crippen molar-refractivity contribution in [3.63, 3.8) is 0 Å². The van der Waals surface area contributed by atoms with Crippen molar-refractivity contribution in [1.29, 1.82) is 0 Å². The summed E-state index contributed by atoms with van der Waals surface area (Å²) < 4.78 is 16.1. The second kappa shape index (κ2) is 9.87. The van der Waals surface area contributed by atoms with E-state index in [0.717, 1.165) is 11.8 Å². The maximum atomic E-state index is 14.1. The van der Waals surface area contributed by atoms with Gasteiger partial charge in [-0.05, 0) is 55.8 Å². The third-order valence-corrected chi connectivity index (χ3v) is 6.42. The van der Waals surface area contributed by atoms with E-state index in [2.05, 4.69) is 0 Å². The summed E-state index contributed by atoms with van der Waals surface area (Å²) in [6.45, 7) is 4.24. The van der Waals surface area contributed by atoms with Crippen LogP contribution in [0.25, 0.3) is 0 Å². The molecule has 1 aliphatic rings. The number of fused-ring (bicyclic) bond motifs is 1. The monoisotopic (exact) mass is 498 g/mol. The highest BCUT2D eigenvalue weighted by atomic mass is 35.5. The van der Waals surface area contributed by atoms with Gasteiger partial charge in [-0.3, -0.25) is 19.7 Å². The van der Waals surface area contributed by atoms with E-state index in [9.17, 15) is 24.1 Å². The van der Waals surface area contributed by atoms with E-state index in [1.54, 1.807) is 30.9 Å². The lowest BCUT2D eigenvalue weighted by Crippen LogP contribution is -2.49. The molecule has 0 aliphatic carbocycles. The molecular formula is C25H24ClFN4O4. The lowest BCUT2D eigenvalue weighted by molar-refractivity contribution is -0.384. The zero-order valence-electron chi connectivity index (χ0n) is 19.2. The number of hydrogen-bond acceptors (Lipinski definition) is 4. The van der Waals surface area contributed by atoms with Gasteiger partial charge in [-0.1, -0.05) is 23.7 Å². The van der Waals surface area contributed by atoms with Crippen molar-refractivity contribution in [2.45, 2.75) is 32.5 Å². The first-order valence-corrected chi connectivity index (χ1v) is 11.5. The maximum absolute atomic E-state index is 14.1. The number of nitro benzene ring substituents is 1. The minimum Gasteiger partial charge on any atom is -0.348 e. The lowest BCUT2D eigenvalue weighted by Gasteiger charge is -2.39.